The number of aryl methyl sites for hydroxylation is 1. The lowest BCUT2D eigenvalue weighted by Crippen LogP contribution is -2.30. The quantitative estimate of drug-likeness (QED) is 0.361. The van der Waals surface area contributed by atoms with Crippen LogP contribution in [0.1, 0.15) is 25.3 Å². The Morgan fingerprint density at radius 2 is 2.07 bits per heavy atom. The molecule has 1 unspecified atom stereocenters. The molecule has 8 heteroatoms. The van der Waals surface area contributed by atoms with Crippen molar-refractivity contribution in [3.05, 3.63) is 33.8 Å². The van der Waals surface area contributed by atoms with Crippen LogP contribution in [0.2, 0.25) is 10.0 Å². The number of amides is 1. The maximum absolute atomic E-state index is 12.1. The molecule has 27 heavy (non-hydrogen) atoms. The molecular formula is C19H24Cl2N2O4. The second kappa shape index (κ2) is 10.6. The zero-order chi connectivity index (χ0) is 19.8. The van der Waals surface area contributed by atoms with Gasteiger partial charge in [-0.15, -0.1) is 0 Å². The fourth-order valence-electron chi connectivity index (χ4n) is 2.96. The third-order valence-corrected chi connectivity index (χ3v) is 5.13. The number of Topliss-reactive ketones (excluding diaryl/α,β-unsaturated/α-hetero) is 1. The van der Waals surface area contributed by atoms with E-state index < -0.39 is 11.7 Å². The molecule has 6 nitrogen and oxygen atoms in total. The Morgan fingerprint density at radius 1 is 1.30 bits per heavy atom. The van der Waals surface area contributed by atoms with Gasteiger partial charge in [0, 0.05) is 19.6 Å². The summed E-state index contributed by atoms with van der Waals surface area (Å²) >= 11 is 11.9. The summed E-state index contributed by atoms with van der Waals surface area (Å²) in [5.41, 5.74) is 1.10. The normalized spacial score (nSPS) is 16.9. The molecule has 1 aromatic rings. The van der Waals surface area contributed by atoms with Crippen molar-refractivity contribution in [2.75, 3.05) is 32.8 Å². The number of hydrogen-bond donors (Lipinski definition) is 1. The molecule has 0 bridgehead atoms. The predicted octanol–water partition coefficient (Wildman–Crippen LogP) is 2.50. The lowest BCUT2D eigenvalue weighted by atomic mass is 10.1. The number of likely N-dealkylation sites (tertiary alicyclic amines) is 1. The summed E-state index contributed by atoms with van der Waals surface area (Å²) in [6, 6.07) is 5.57. The number of ketones is 1. The van der Waals surface area contributed by atoms with Crippen molar-refractivity contribution < 1.29 is 19.1 Å². The van der Waals surface area contributed by atoms with E-state index in [1.807, 2.05) is 12.1 Å². The highest BCUT2D eigenvalue weighted by Gasteiger charge is 2.38. The van der Waals surface area contributed by atoms with Gasteiger partial charge in [-0.1, -0.05) is 29.3 Å². The highest BCUT2D eigenvalue weighted by atomic mass is 35.5. The molecule has 0 aliphatic carbocycles. The van der Waals surface area contributed by atoms with Crippen molar-refractivity contribution in [2.24, 2.45) is 5.92 Å². The molecule has 0 spiro atoms. The Morgan fingerprint density at radius 3 is 2.78 bits per heavy atom. The molecule has 0 radical (unpaired) electrons. The van der Waals surface area contributed by atoms with E-state index in [1.54, 1.807) is 13.0 Å². The van der Waals surface area contributed by atoms with E-state index in [9.17, 15) is 14.4 Å². The number of esters is 1. The second-order valence-electron chi connectivity index (χ2n) is 6.42. The first-order chi connectivity index (χ1) is 12.9. The summed E-state index contributed by atoms with van der Waals surface area (Å²) in [7, 11) is 0. The molecule has 1 amide bonds. The van der Waals surface area contributed by atoms with Gasteiger partial charge in [-0.25, -0.2) is 0 Å². The molecule has 0 saturated carbocycles. The Bertz CT molecular complexity index is 696. The third-order valence-electron chi connectivity index (χ3n) is 4.39. The molecule has 1 heterocycles. The Labute approximate surface area is 169 Å². The third kappa shape index (κ3) is 6.48. The van der Waals surface area contributed by atoms with E-state index in [4.69, 9.17) is 27.9 Å². The molecule has 1 atom stereocenters. The summed E-state index contributed by atoms with van der Waals surface area (Å²) in [5, 5.41) is 4.31. The number of rotatable bonds is 10. The molecule has 1 fully saturated rings. The van der Waals surface area contributed by atoms with Crippen molar-refractivity contribution in [2.45, 2.75) is 26.2 Å². The molecule has 0 aromatic heterocycles. The predicted molar refractivity (Wildman–Crippen MR) is 104 cm³/mol. The SMILES string of the molecule is CCOC(=O)CCN1CC(CNCCCc2ccc(Cl)c(Cl)c2)C(=O)C1=O. The molecule has 1 saturated heterocycles. The van der Waals surface area contributed by atoms with Gasteiger partial charge >= 0.3 is 5.97 Å². The van der Waals surface area contributed by atoms with Crippen molar-refractivity contribution in [3.8, 4) is 0 Å². The fraction of sp³-hybridized carbons (Fsp3) is 0.526. The van der Waals surface area contributed by atoms with E-state index in [1.165, 1.54) is 4.90 Å². The maximum atomic E-state index is 12.1. The standard InChI is InChI=1S/C19H24Cl2N2O4/c1-2-27-17(24)7-9-23-12-14(18(25)19(23)26)11-22-8-3-4-13-5-6-15(20)16(21)10-13/h5-6,10,14,22H,2-4,7-9,11-12H2,1H3. The lowest BCUT2D eigenvalue weighted by Gasteiger charge is -2.15. The van der Waals surface area contributed by atoms with Crippen LogP contribution in [0, 0.1) is 5.92 Å². The first kappa shape index (κ1) is 21.7. The maximum Gasteiger partial charge on any atom is 0.307 e. The summed E-state index contributed by atoms with van der Waals surface area (Å²) < 4.78 is 4.84. The van der Waals surface area contributed by atoms with Crippen molar-refractivity contribution >= 4 is 40.9 Å². The van der Waals surface area contributed by atoms with Gasteiger partial charge in [-0.3, -0.25) is 14.4 Å². The van der Waals surface area contributed by atoms with Crippen molar-refractivity contribution in [1.82, 2.24) is 10.2 Å². The van der Waals surface area contributed by atoms with Crippen molar-refractivity contribution in [3.63, 3.8) is 0 Å². The highest BCUT2D eigenvalue weighted by Crippen LogP contribution is 2.23. The minimum Gasteiger partial charge on any atom is -0.466 e. The van der Waals surface area contributed by atoms with E-state index in [-0.39, 0.29) is 24.9 Å². The summed E-state index contributed by atoms with van der Waals surface area (Å²) in [6.07, 6.45) is 1.82. The number of benzene rings is 1. The average Bonchev–Trinajstić information content (AvgIpc) is 2.91. The van der Waals surface area contributed by atoms with Gasteiger partial charge in [-0.05, 0) is 44.0 Å². The van der Waals surface area contributed by atoms with E-state index in [0.29, 0.717) is 29.7 Å². The number of ether oxygens (including phenoxy) is 1. The van der Waals surface area contributed by atoms with Crippen LogP contribution in [0.3, 0.4) is 0 Å². The van der Waals surface area contributed by atoms with E-state index in [2.05, 4.69) is 5.32 Å². The van der Waals surface area contributed by atoms with Gasteiger partial charge in [0.1, 0.15) is 0 Å². The Kier molecular flexibility index (Phi) is 8.54. The fourth-order valence-corrected chi connectivity index (χ4v) is 3.28. The topological polar surface area (TPSA) is 75.7 Å². The van der Waals surface area contributed by atoms with Gasteiger partial charge in [0.25, 0.3) is 5.91 Å². The zero-order valence-corrected chi connectivity index (χ0v) is 16.8. The summed E-state index contributed by atoms with van der Waals surface area (Å²) in [5.74, 6) is -1.64. The molecular weight excluding hydrogens is 391 g/mol. The smallest absolute Gasteiger partial charge is 0.307 e. The summed E-state index contributed by atoms with van der Waals surface area (Å²) in [4.78, 5) is 36.9. The number of nitrogens with zero attached hydrogens (tertiary/aromatic N) is 1. The van der Waals surface area contributed by atoms with Crippen LogP contribution in [-0.2, 0) is 25.5 Å². The first-order valence-electron chi connectivity index (χ1n) is 9.05. The van der Waals surface area contributed by atoms with Gasteiger partial charge in [-0.2, -0.15) is 0 Å². The van der Waals surface area contributed by atoms with Crippen LogP contribution < -0.4 is 5.32 Å². The molecule has 1 N–H and O–H groups in total. The monoisotopic (exact) mass is 414 g/mol. The van der Waals surface area contributed by atoms with Crippen LogP contribution in [0.15, 0.2) is 18.2 Å². The van der Waals surface area contributed by atoms with Gasteiger partial charge in [0.15, 0.2) is 0 Å². The molecule has 148 valence electrons. The number of carbonyl (C=O) groups is 3. The average molecular weight is 415 g/mol. The van der Waals surface area contributed by atoms with Crippen LogP contribution in [0.5, 0.6) is 0 Å². The highest BCUT2D eigenvalue weighted by molar-refractivity contribution is 6.42. The van der Waals surface area contributed by atoms with Gasteiger partial charge in [0.05, 0.1) is 29.0 Å². The first-order valence-corrected chi connectivity index (χ1v) is 9.81. The van der Waals surface area contributed by atoms with Crippen molar-refractivity contribution in [1.29, 1.82) is 0 Å². The summed E-state index contributed by atoms with van der Waals surface area (Å²) in [6.45, 7) is 3.77. The number of hydrogen-bond acceptors (Lipinski definition) is 5. The number of halogens is 2. The Hall–Kier alpha value is -1.63. The van der Waals surface area contributed by atoms with Crippen LogP contribution in [0.4, 0.5) is 0 Å². The number of nitrogens with one attached hydrogen (secondary N) is 1. The van der Waals surface area contributed by atoms with Gasteiger partial charge < -0.3 is 15.0 Å². The van der Waals surface area contributed by atoms with Crippen LogP contribution in [0.25, 0.3) is 0 Å². The van der Waals surface area contributed by atoms with E-state index in [0.717, 1.165) is 24.9 Å². The second-order valence-corrected chi connectivity index (χ2v) is 7.24. The van der Waals surface area contributed by atoms with Gasteiger partial charge in [0.2, 0.25) is 5.78 Å². The molecule has 1 aliphatic rings. The minimum atomic E-state index is -0.512. The number of carbonyl (C=O) groups excluding carboxylic acids is 3. The minimum absolute atomic E-state index is 0.108. The van der Waals surface area contributed by atoms with Crippen LogP contribution in [-0.4, -0.2) is 55.3 Å². The zero-order valence-electron chi connectivity index (χ0n) is 15.3. The van der Waals surface area contributed by atoms with Crippen LogP contribution >= 0.6 is 23.2 Å². The molecule has 1 aromatic carbocycles. The Balaban J connectivity index is 1.68. The lowest BCUT2D eigenvalue weighted by molar-refractivity contribution is -0.145. The molecule has 2 rings (SSSR count). The largest absolute Gasteiger partial charge is 0.466 e. The van der Waals surface area contributed by atoms with E-state index >= 15 is 0 Å². The molecule has 1 aliphatic heterocycles.